The maximum atomic E-state index is 12.8. The van der Waals surface area contributed by atoms with Crippen LogP contribution in [-0.2, 0) is 19.1 Å². The van der Waals surface area contributed by atoms with Crippen molar-refractivity contribution in [2.45, 2.75) is 88.9 Å². The molecule has 4 aliphatic rings. The van der Waals surface area contributed by atoms with Crippen LogP contribution < -0.4 is 10.8 Å². The molecule has 7 heteroatoms. The van der Waals surface area contributed by atoms with E-state index in [2.05, 4.69) is 10.8 Å². The lowest BCUT2D eigenvalue weighted by Crippen LogP contribution is -2.52. The van der Waals surface area contributed by atoms with Gasteiger partial charge in [-0.05, 0) is 58.4 Å². The Morgan fingerprint density at radius 1 is 1.15 bits per heavy atom. The highest BCUT2D eigenvalue weighted by Crippen LogP contribution is 2.32. The highest BCUT2D eigenvalue weighted by molar-refractivity contribution is 5.82. The van der Waals surface area contributed by atoms with Crippen LogP contribution in [0.1, 0.15) is 52.4 Å². The molecule has 3 heterocycles. The Morgan fingerprint density at radius 3 is 2.78 bits per heavy atom. The van der Waals surface area contributed by atoms with Crippen molar-refractivity contribution in [3.8, 4) is 0 Å². The molecule has 4 rings (SSSR count). The number of hydrogen-bond acceptors (Lipinski definition) is 6. The van der Waals surface area contributed by atoms with E-state index in [1.807, 2.05) is 18.7 Å². The molecule has 0 bridgehead atoms. The number of carbonyl (C=O) groups is 1. The summed E-state index contributed by atoms with van der Waals surface area (Å²) in [5.41, 5.74) is 2.94. The van der Waals surface area contributed by atoms with E-state index in [1.54, 1.807) is 0 Å². The number of hydroxylamine groups is 1. The summed E-state index contributed by atoms with van der Waals surface area (Å²) in [6, 6.07) is 0.428. The first kappa shape index (κ1) is 19.6. The Morgan fingerprint density at radius 2 is 1.96 bits per heavy atom. The van der Waals surface area contributed by atoms with Gasteiger partial charge in [0.25, 0.3) is 0 Å². The lowest BCUT2D eigenvalue weighted by atomic mass is 9.78. The summed E-state index contributed by atoms with van der Waals surface area (Å²) < 4.78 is 11.9. The molecular formula is C20H35N3O4. The van der Waals surface area contributed by atoms with Crippen LogP contribution in [-0.4, -0.2) is 73.5 Å². The number of fused-ring (bicyclic) bond motifs is 1. The van der Waals surface area contributed by atoms with Crippen molar-refractivity contribution in [2.75, 3.05) is 26.2 Å². The molecule has 0 aromatic carbocycles. The van der Waals surface area contributed by atoms with Gasteiger partial charge in [-0.3, -0.25) is 9.63 Å². The molecule has 5 unspecified atom stereocenters. The van der Waals surface area contributed by atoms with E-state index in [1.165, 1.54) is 25.8 Å². The molecule has 0 aromatic rings. The zero-order valence-electron chi connectivity index (χ0n) is 16.7. The monoisotopic (exact) mass is 381 g/mol. The van der Waals surface area contributed by atoms with Crippen molar-refractivity contribution >= 4 is 5.91 Å². The molecule has 7 atom stereocenters. The number of nitrogens with one attached hydrogen (secondary N) is 2. The SMILES string of the molecule is C[C@@H]1CN(C(=O)C2CC(COC3CCC4NCCCC4C3)ON2)C[C@H](C)O1. The molecule has 2 N–H and O–H groups in total. The molecule has 3 aliphatic heterocycles. The van der Waals surface area contributed by atoms with Crippen molar-refractivity contribution in [3.63, 3.8) is 0 Å². The Kier molecular flexibility index (Phi) is 6.34. The lowest BCUT2D eigenvalue weighted by molar-refractivity contribution is -0.146. The predicted octanol–water partition coefficient (Wildman–Crippen LogP) is 1.22. The van der Waals surface area contributed by atoms with Crippen LogP contribution in [0, 0.1) is 5.92 Å². The summed E-state index contributed by atoms with van der Waals surface area (Å²) in [4.78, 5) is 20.3. The maximum Gasteiger partial charge on any atom is 0.242 e. The third-order valence-electron chi connectivity index (χ3n) is 6.52. The fraction of sp³-hybridized carbons (Fsp3) is 0.950. The van der Waals surface area contributed by atoms with Gasteiger partial charge in [0.05, 0.1) is 24.9 Å². The van der Waals surface area contributed by atoms with Gasteiger partial charge in [0.2, 0.25) is 5.91 Å². The molecule has 154 valence electrons. The van der Waals surface area contributed by atoms with Gasteiger partial charge < -0.3 is 19.7 Å². The van der Waals surface area contributed by atoms with E-state index in [9.17, 15) is 4.79 Å². The van der Waals surface area contributed by atoms with Crippen LogP contribution in [0.2, 0.25) is 0 Å². The second-order valence-corrected chi connectivity index (χ2v) is 8.88. The summed E-state index contributed by atoms with van der Waals surface area (Å²) in [6.45, 7) is 7.08. The molecule has 4 fully saturated rings. The number of piperidine rings is 1. The van der Waals surface area contributed by atoms with Gasteiger partial charge in [0, 0.05) is 25.6 Å². The molecule has 0 radical (unpaired) electrons. The largest absolute Gasteiger partial charge is 0.375 e. The third-order valence-corrected chi connectivity index (χ3v) is 6.52. The average molecular weight is 382 g/mol. The third kappa shape index (κ3) is 4.82. The van der Waals surface area contributed by atoms with Gasteiger partial charge in [0.15, 0.2) is 0 Å². The van der Waals surface area contributed by atoms with Crippen LogP contribution in [0.4, 0.5) is 0 Å². The molecule has 3 saturated heterocycles. The van der Waals surface area contributed by atoms with Crippen LogP contribution in [0.15, 0.2) is 0 Å². The second kappa shape index (κ2) is 8.74. The van der Waals surface area contributed by atoms with Crippen molar-refractivity contribution < 1.29 is 19.1 Å². The highest BCUT2D eigenvalue weighted by atomic mass is 16.7. The second-order valence-electron chi connectivity index (χ2n) is 8.88. The first-order valence-corrected chi connectivity index (χ1v) is 10.8. The van der Waals surface area contributed by atoms with Gasteiger partial charge in [-0.25, -0.2) is 0 Å². The van der Waals surface area contributed by atoms with Crippen LogP contribution in [0.5, 0.6) is 0 Å². The molecular weight excluding hydrogens is 346 g/mol. The number of rotatable bonds is 4. The normalized spacial score (nSPS) is 42.7. The topological polar surface area (TPSA) is 72.1 Å². The van der Waals surface area contributed by atoms with Gasteiger partial charge in [-0.1, -0.05) is 0 Å². The average Bonchev–Trinajstić information content (AvgIpc) is 3.14. The Bertz CT molecular complexity index is 509. The molecule has 1 saturated carbocycles. The van der Waals surface area contributed by atoms with E-state index >= 15 is 0 Å². The van der Waals surface area contributed by atoms with Crippen LogP contribution in [0.3, 0.4) is 0 Å². The molecule has 1 amide bonds. The number of amides is 1. The van der Waals surface area contributed by atoms with E-state index in [0.29, 0.717) is 38.3 Å². The Labute approximate surface area is 162 Å². The number of ether oxygens (including phenoxy) is 2. The number of hydrogen-bond donors (Lipinski definition) is 2. The minimum absolute atomic E-state index is 0.0444. The standard InChI is InChI=1S/C20H35N3O4/c1-13-10-23(11-14(2)26-13)20(24)19-9-17(27-22-19)12-25-16-5-6-18-15(8-16)4-3-7-21-18/h13-19,21-22H,3-12H2,1-2H3/t13-,14+,15?,16?,17?,18?,19?. The number of morpholine rings is 1. The summed E-state index contributed by atoms with van der Waals surface area (Å²) in [5.74, 6) is 0.882. The summed E-state index contributed by atoms with van der Waals surface area (Å²) in [5, 5.41) is 3.65. The van der Waals surface area contributed by atoms with Gasteiger partial charge >= 0.3 is 0 Å². The molecule has 0 spiro atoms. The van der Waals surface area contributed by atoms with E-state index in [-0.39, 0.29) is 30.3 Å². The smallest absolute Gasteiger partial charge is 0.242 e. The van der Waals surface area contributed by atoms with Gasteiger partial charge in [-0.15, -0.1) is 0 Å². The van der Waals surface area contributed by atoms with Crippen molar-refractivity contribution in [3.05, 3.63) is 0 Å². The van der Waals surface area contributed by atoms with Crippen LogP contribution in [0.25, 0.3) is 0 Å². The van der Waals surface area contributed by atoms with Gasteiger partial charge in [-0.2, -0.15) is 5.48 Å². The molecule has 0 aromatic heterocycles. The zero-order chi connectivity index (χ0) is 18.8. The van der Waals surface area contributed by atoms with Gasteiger partial charge in [0.1, 0.15) is 12.1 Å². The fourth-order valence-corrected chi connectivity index (χ4v) is 5.22. The van der Waals surface area contributed by atoms with Crippen molar-refractivity contribution in [2.24, 2.45) is 5.92 Å². The fourth-order valence-electron chi connectivity index (χ4n) is 5.22. The quantitative estimate of drug-likeness (QED) is 0.763. The van der Waals surface area contributed by atoms with E-state index < -0.39 is 0 Å². The minimum Gasteiger partial charge on any atom is -0.375 e. The summed E-state index contributed by atoms with van der Waals surface area (Å²) in [6.07, 6.45) is 7.25. The molecule has 7 nitrogen and oxygen atoms in total. The first-order chi connectivity index (χ1) is 13.1. The first-order valence-electron chi connectivity index (χ1n) is 10.8. The number of nitrogens with zero attached hydrogens (tertiary/aromatic N) is 1. The van der Waals surface area contributed by atoms with E-state index in [4.69, 9.17) is 14.3 Å². The van der Waals surface area contributed by atoms with Crippen molar-refractivity contribution in [1.29, 1.82) is 0 Å². The highest BCUT2D eigenvalue weighted by Gasteiger charge is 2.37. The van der Waals surface area contributed by atoms with Crippen molar-refractivity contribution in [1.82, 2.24) is 15.7 Å². The minimum atomic E-state index is -0.269. The molecule has 27 heavy (non-hydrogen) atoms. The number of carbonyl (C=O) groups excluding carboxylic acids is 1. The summed E-state index contributed by atoms with van der Waals surface area (Å²) in [7, 11) is 0. The Balaban J connectivity index is 1.20. The van der Waals surface area contributed by atoms with E-state index in [0.717, 1.165) is 18.8 Å². The summed E-state index contributed by atoms with van der Waals surface area (Å²) >= 11 is 0. The zero-order valence-corrected chi connectivity index (χ0v) is 16.7. The lowest BCUT2D eigenvalue weighted by Gasteiger charge is -2.39. The Hall–Kier alpha value is -0.730. The predicted molar refractivity (Wildman–Crippen MR) is 101 cm³/mol. The maximum absolute atomic E-state index is 12.8. The van der Waals surface area contributed by atoms with Crippen LogP contribution >= 0.6 is 0 Å². The molecule has 1 aliphatic carbocycles.